The lowest BCUT2D eigenvalue weighted by molar-refractivity contribution is -0.144. The van der Waals surface area contributed by atoms with Crippen LogP contribution in [0.4, 0.5) is 0 Å². The number of carbonyl (C=O) groups is 2. The van der Waals surface area contributed by atoms with Gasteiger partial charge in [0, 0.05) is 19.0 Å². The van der Waals surface area contributed by atoms with Crippen molar-refractivity contribution < 1.29 is 14.3 Å². The summed E-state index contributed by atoms with van der Waals surface area (Å²) in [6.07, 6.45) is 1.25. The van der Waals surface area contributed by atoms with E-state index in [4.69, 9.17) is 0 Å². The van der Waals surface area contributed by atoms with E-state index in [-0.39, 0.29) is 30.8 Å². The van der Waals surface area contributed by atoms with Crippen LogP contribution in [0.3, 0.4) is 0 Å². The SMILES string of the molecule is COC(=O)CCC(=O)N1Cc2ccccc2CC1C. The molecule has 0 N–H and O–H groups in total. The minimum atomic E-state index is -0.335. The highest BCUT2D eigenvalue weighted by molar-refractivity contribution is 5.81. The van der Waals surface area contributed by atoms with Crippen molar-refractivity contribution in [1.29, 1.82) is 0 Å². The molecule has 1 aromatic carbocycles. The molecule has 0 radical (unpaired) electrons. The van der Waals surface area contributed by atoms with E-state index in [1.165, 1.54) is 18.2 Å². The summed E-state index contributed by atoms with van der Waals surface area (Å²) in [6.45, 7) is 2.68. The fourth-order valence-corrected chi connectivity index (χ4v) is 2.47. The zero-order chi connectivity index (χ0) is 13.8. The Morgan fingerprint density at radius 2 is 1.95 bits per heavy atom. The topological polar surface area (TPSA) is 46.6 Å². The molecule has 1 aromatic rings. The number of ether oxygens (including phenoxy) is 1. The highest BCUT2D eigenvalue weighted by atomic mass is 16.5. The lowest BCUT2D eigenvalue weighted by Crippen LogP contribution is -2.42. The Balaban J connectivity index is 2.01. The van der Waals surface area contributed by atoms with Crippen LogP contribution < -0.4 is 0 Å². The van der Waals surface area contributed by atoms with Crippen molar-refractivity contribution in [3.05, 3.63) is 35.4 Å². The molecular weight excluding hydrogens is 242 g/mol. The molecule has 0 saturated carbocycles. The molecule has 0 aromatic heterocycles. The summed E-state index contributed by atoms with van der Waals surface area (Å²) in [7, 11) is 1.34. The van der Waals surface area contributed by atoms with E-state index >= 15 is 0 Å². The van der Waals surface area contributed by atoms with Crippen molar-refractivity contribution >= 4 is 11.9 Å². The quantitative estimate of drug-likeness (QED) is 0.781. The highest BCUT2D eigenvalue weighted by Crippen LogP contribution is 2.23. The average Bonchev–Trinajstić information content (AvgIpc) is 2.43. The Morgan fingerprint density at radius 1 is 1.26 bits per heavy atom. The second kappa shape index (κ2) is 5.87. The lowest BCUT2D eigenvalue weighted by atomic mass is 9.94. The second-order valence-electron chi connectivity index (χ2n) is 4.92. The maximum absolute atomic E-state index is 12.2. The summed E-state index contributed by atoms with van der Waals surface area (Å²) in [4.78, 5) is 25.1. The molecule has 1 unspecified atom stereocenters. The Morgan fingerprint density at radius 3 is 2.63 bits per heavy atom. The summed E-state index contributed by atoms with van der Waals surface area (Å²) in [5.41, 5.74) is 2.51. The van der Waals surface area contributed by atoms with Crippen LogP contribution in [0.15, 0.2) is 24.3 Å². The zero-order valence-corrected chi connectivity index (χ0v) is 11.4. The van der Waals surface area contributed by atoms with E-state index in [9.17, 15) is 9.59 Å². The van der Waals surface area contributed by atoms with Gasteiger partial charge in [0.2, 0.25) is 5.91 Å². The maximum Gasteiger partial charge on any atom is 0.306 e. The molecule has 0 bridgehead atoms. The molecule has 1 atom stereocenters. The van der Waals surface area contributed by atoms with Crippen LogP contribution in [0.1, 0.15) is 30.9 Å². The number of fused-ring (bicyclic) bond motifs is 1. The van der Waals surface area contributed by atoms with E-state index in [1.54, 1.807) is 0 Å². The number of esters is 1. The zero-order valence-electron chi connectivity index (χ0n) is 11.4. The minimum absolute atomic E-state index is 0.0207. The number of methoxy groups -OCH3 is 1. The van der Waals surface area contributed by atoms with Crippen LogP contribution in [0.5, 0.6) is 0 Å². The second-order valence-corrected chi connectivity index (χ2v) is 4.92. The van der Waals surface area contributed by atoms with Crippen molar-refractivity contribution in [2.45, 2.75) is 38.8 Å². The third-order valence-corrected chi connectivity index (χ3v) is 3.60. The largest absolute Gasteiger partial charge is 0.469 e. The maximum atomic E-state index is 12.2. The average molecular weight is 261 g/mol. The van der Waals surface area contributed by atoms with Crippen LogP contribution in [-0.4, -0.2) is 29.9 Å². The predicted octanol–water partition coefficient (Wildman–Crippen LogP) is 1.91. The number of nitrogens with zero attached hydrogens (tertiary/aromatic N) is 1. The third-order valence-electron chi connectivity index (χ3n) is 3.60. The Bertz CT molecular complexity index is 484. The molecule has 0 fully saturated rings. The van der Waals surface area contributed by atoms with Crippen molar-refractivity contribution in [1.82, 2.24) is 4.90 Å². The van der Waals surface area contributed by atoms with Gasteiger partial charge in [-0.05, 0) is 24.5 Å². The van der Waals surface area contributed by atoms with Gasteiger partial charge < -0.3 is 9.64 Å². The fraction of sp³-hybridized carbons (Fsp3) is 0.467. The number of amides is 1. The van der Waals surface area contributed by atoms with Gasteiger partial charge in [-0.3, -0.25) is 9.59 Å². The van der Waals surface area contributed by atoms with Gasteiger partial charge in [0.15, 0.2) is 0 Å². The van der Waals surface area contributed by atoms with E-state index in [0.29, 0.717) is 6.54 Å². The first-order chi connectivity index (χ1) is 9.11. The van der Waals surface area contributed by atoms with Gasteiger partial charge in [-0.2, -0.15) is 0 Å². The predicted molar refractivity (Wildman–Crippen MR) is 71.4 cm³/mol. The van der Waals surface area contributed by atoms with Gasteiger partial charge in [-0.1, -0.05) is 24.3 Å². The van der Waals surface area contributed by atoms with E-state index in [0.717, 1.165) is 6.42 Å². The molecule has 19 heavy (non-hydrogen) atoms. The van der Waals surface area contributed by atoms with Crippen molar-refractivity contribution in [2.75, 3.05) is 7.11 Å². The summed E-state index contributed by atoms with van der Waals surface area (Å²) in [5, 5.41) is 0. The molecule has 1 aliphatic heterocycles. The van der Waals surface area contributed by atoms with Crippen molar-refractivity contribution in [3.8, 4) is 0 Å². The minimum Gasteiger partial charge on any atom is -0.469 e. The summed E-state index contributed by atoms with van der Waals surface area (Å²) < 4.78 is 4.56. The lowest BCUT2D eigenvalue weighted by Gasteiger charge is -2.35. The number of hydrogen-bond acceptors (Lipinski definition) is 3. The molecular formula is C15H19NO3. The normalized spacial score (nSPS) is 17.8. The molecule has 0 spiro atoms. The molecule has 0 saturated heterocycles. The highest BCUT2D eigenvalue weighted by Gasteiger charge is 2.26. The fourth-order valence-electron chi connectivity index (χ4n) is 2.47. The Labute approximate surface area is 113 Å². The van der Waals surface area contributed by atoms with Crippen LogP contribution in [-0.2, 0) is 27.3 Å². The monoisotopic (exact) mass is 261 g/mol. The van der Waals surface area contributed by atoms with Gasteiger partial charge in [-0.25, -0.2) is 0 Å². The number of carbonyl (C=O) groups excluding carboxylic acids is 2. The molecule has 102 valence electrons. The molecule has 1 heterocycles. The van der Waals surface area contributed by atoms with Gasteiger partial charge in [0.05, 0.1) is 13.5 Å². The molecule has 2 rings (SSSR count). The van der Waals surface area contributed by atoms with Crippen LogP contribution in [0, 0.1) is 0 Å². The molecule has 1 aliphatic rings. The Hall–Kier alpha value is -1.84. The smallest absolute Gasteiger partial charge is 0.306 e. The van der Waals surface area contributed by atoms with Gasteiger partial charge >= 0.3 is 5.97 Å². The number of hydrogen-bond donors (Lipinski definition) is 0. The first-order valence-corrected chi connectivity index (χ1v) is 6.55. The summed E-state index contributed by atoms with van der Waals surface area (Å²) in [6, 6.07) is 8.37. The summed E-state index contributed by atoms with van der Waals surface area (Å²) >= 11 is 0. The van der Waals surface area contributed by atoms with E-state index in [2.05, 4.69) is 16.9 Å². The molecule has 4 heteroatoms. The van der Waals surface area contributed by atoms with Gasteiger partial charge in [-0.15, -0.1) is 0 Å². The number of rotatable bonds is 3. The first-order valence-electron chi connectivity index (χ1n) is 6.55. The van der Waals surface area contributed by atoms with Crippen molar-refractivity contribution in [2.24, 2.45) is 0 Å². The molecule has 4 nitrogen and oxygen atoms in total. The van der Waals surface area contributed by atoms with Crippen LogP contribution in [0.25, 0.3) is 0 Å². The first kappa shape index (κ1) is 13.6. The van der Waals surface area contributed by atoms with Crippen LogP contribution >= 0.6 is 0 Å². The standard InChI is InChI=1S/C15H19NO3/c1-11-9-12-5-3-4-6-13(12)10-16(11)14(17)7-8-15(18)19-2/h3-6,11H,7-10H2,1-2H3. The van der Waals surface area contributed by atoms with Crippen LogP contribution in [0.2, 0.25) is 0 Å². The number of benzene rings is 1. The Kier molecular flexibility index (Phi) is 4.20. The van der Waals surface area contributed by atoms with Gasteiger partial charge in [0.1, 0.15) is 0 Å². The van der Waals surface area contributed by atoms with E-state index < -0.39 is 0 Å². The molecule has 0 aliphatic carbocycles. The third kappa shape index (κ3) is 3.13. The van der Waals surface area contributed by atoms with E-state index in [1.807, 2.05) is 24.0 Å². The molecule has 1 amide bonds. The van der Waals surface area contributed by atoms with Crippen molar-refractivity contribution in [3.63, 3.8) is 0 Å². The summed E-state index contributed by atoms with van der Waals surface area (Å²) in [5.74, 6) is -0.314. The van der Waals surface area contributed by atoms with Gasteiger partial charge in [0.25, 0.3) is 0 Å².